The fourth-order valence-corrected chi connectivity index (χ4v) is 0. The Bertz CT molecular complexity index is 59.8. The van der Waals surface area contributed by atoms with Gasteiger partial charge in [-0.15, -0.1) is 0 Å². The topological polar surface area (TPSA) is 57.5 Å². The third-order valence-corrected chi connectivity index (χ3v) is 0.945. The molecular weight excluding hydrogens is 103 g/mol. The lowest BCUT2D eigenvalue weighted by atomic mass is 10.9. The van der Waals surface area contributed by atoms with E-state index >= 15 is 0 Å². The number of rotatable bonds is 1. The second-order valence-electron chi connectivity index (χ2n) is 0.880. The van der Waals surface area contributed by atoms with Crippen molar-refractivity contribution in [1.82, 2.24) is 0 Å². The molecule has 36 valence electrons. The van der Waals surface area contributed by atoms with Gasteiger partial charge in [0, 0.05) is 6.92 Å². The van der Waals surface area contributed by atoms with Gasteiger partial charge in [0.05, 0.1) is 0 Å². The van der Waals surface area contributed by atoms with Gasteiger partial charge in [0.25, 0.3) is 0 Å². The zero-order valence-electron chi connectivity index (χ0n) is 3.30. The maximum atomic E-state index is 9.69. The highest BCUT2D eigenvalue weighted by molar-refractivity contribution is 7.64. The van der Waals surface area contributed by atoms with E-state index in [0.717, 1.165) is 6.92 Å². The highest BCUT2D eigenvalue weighted by atomic mass is 31.2. The maximum Gasteiger partial charge on any atom is 0.323 e. The predicted octanol–water partition coefficient (Wildman–Crippen LogP) is -0.438. The zero-order valence-corrected chi connectivity index (χ0v) is 4.30. The van der Waals surface area contributed by atoms with Crippen LogP contribution in [0, 0.1) is 0 Å². The molecule has 0 rings (SSSR count). The summed E-state index contributed by atoms with van der Waals surface area (Å²) in [6.45, 7) is 1.15. The molecule has 0 fully saturated rings. The Morgan fingerprint density at radius 1 is 1.67 bits per heavy atom. The third kappa shape index (κ3) is 2.27. The van der Waals surface area contributed by atoms with Gasteiger partial charge in [-0.25, -0.2) is 14.6 Å². The highest BCUT2D eigenvalue weighted by Crippen LogP contribution is 2.22. The third-order valence-electron chi connectivity index (χ3n) is 0.315. The monoisotopic (exact) mass is 109 g/mol. The molecule has 0 aromatic rings. The molecule has 4 heteroatoms. The van der Waals surface area contributed by atoms with Crippen molar-refractivity contribution in [3.63, 3.8) is 0 Å². The Morgan fingerprint density at radius 3 is 1.83 bits per heavy atom. The molecule has 0 aliphatic heterocycles. The minimum atomic E-state index is -2.59. The van der Waals surface area contributed by atoms with Gasteiger partial charge >= 0.3 is 13.9 Å². The van der Waals surface area contributed by atoms with Crippen LogP contribution in [0.1, 0.15) is 6.92 Å². The molecule has 3 nitrogen and oxygen atoms in total. The zero-order chi connectivity index (χ0) is 5.15. The van der Waals surface area contributed by atoms with E-state index < -0.39 is 13.9 Å². The summed E-state index contributed by atoms with van der Waals surface area (Å²) < 4.78 is 0. The molecule has 2 N–H and O–H groups in total. The van der Waals surface area contributed by atoms with Crippen molar-refractivity contribution < 1.29 is 14.6 Å². The van der Waals surface area contributed by atoms with Crippen molar-refractivity contribution in [2.45, 2.75) is 6.92 Å². The van der Waals surface area contributed by atoms with Gasteiger partial charge in [-0.3, -0.25) is 0 Å². The Hall–Kier alpha value is 0.0200. The van der Waals surface area contributed by atoms with E-state index in [1.807, 2.05) is 0 Å². The molecule has 0 radical (unpaired) electrons. The maximum absolute atomic E-state index is 9.69. The van der Waals surface area contributed by atoms with E-state index in [4.69, 9.17) is 9.79 Å². The van der Waals surface area contributed by atoms with E-state index in [2.05, 4.69) is 0 Å². The molecule has 0 atom stereocenters. The van der Waals surface area contributed by atoms with Crippen molar-refractivity contribution in [1.29, 1.82) is 0 Å². The highest BCUT2D eigenvalue weighted by Gasteiger charge is 2.11. The molecule has 0 aromatic heterocycles. The Morgan fingerprint density at radius 2 is 1.83 bits per heavy atom. The number of hydrogen-bond acceptors (Lipinski definition) is 3. The van der Waals surface area contributed by atoms with Crippen molar-refractivity contribution in [2.24, 2.45) is 0 Å². The van der Waals surface area contributed by atoms with Gasteiger partial charge in [-0.1, -0.05) is 0 Å². The normalized spacial score (nSPS) is 9.33. The van der Waals surface area contributed by atoms with Gasteiger partial charge in [0.15, 0.2) is 0 Å². The van der Waals surface area contributed by atoms with Crippen LogP contribution >= 0.6 is 8.38 Å². The lowest BCUT2D eigenvalue weighted by Crippen LogP contribution is -1.82. The molecule has 0 saturated heterocycles. The average molecular weight is 109 g/mol. The summed E-state index contributed by atoms with van der Waals surface area (Å²) in [7, 11) is -2.59. The predicted molar refractivity (Wildman–Crippen MR) is 23.4 cm³/mol. The molecule has 0 spiro atoms. The van der Waals surface area contributed by atoms with Crippen LogP contribution in [0.4, 0.5) is 0 Å². The minimum absolute atomic E-state index is 0.528. The standard InChI is InChI=1S/C2H5O3P/c1-2(3)6(4)5/h4-5H,1H3/p+1. The van der Waals surface area contributed by atoms with Crippen LogP contribution in [0.2, 0.25) is 0 Å². The fraction of sp³-hybridized carbons (Fsp3) is 0.500. The molecule has 0 bridgehead atoms. The van der Waals surface area contributed by atoms with Crippen LogP contribution < -0.4 is 0 Å². The summed E-state index contributed by atoms with van der Waals surface area (Å²) in [4.78, 5) is 25.6. The fourth-order valence-electron chi connectivity index (χ4n) is 0. The summed E-state index contributed by atoms with van der Waals surface area (Å²) in [5, 5.41) is 0. The van der Waals surface area contributed by atoms with E-state index in [9.17, 15) is 4.79 Å². The number of carbonyl (C=O) groups excluding carboxylic acids is 1. The summed E-state index contributed by atoms with van der Waals surface area (Å²) in [5.41, 5.74) is -0.528. The molecule has 0 unspecified atom stereocenters. The van der Waals surface area contributed by atoms with E-state index in [1.165, 1.54) is 0 Å². The first-order valence-corrected chi connectivity index (χ1v) is 2.80. The number of carbonyl (C=O) groups is 1. The summed E-state index contributed by atoms with van der Waals surface area (Å²) in [6.07, 6.45) is 0. The summed E-state index contributed by atoms with van der Waals surface area (Å²) in [5.74, 6) is 0. The Kier molecular flexibility index (Phi) is 2.25. The molecule has 0 amide bonds. The van der Waals surface area contributed by atoms with Gasteiger partial charge in [-0.05, 0) is 0 Å². The lowest BCUT2D eigenvalue weighted by molar-refractivity contribution is -0.110. The second kappa shape index (κ2) is 2.24. The smallest absolute Gasteiger partial charge is 0.247 e. The van der Waals surface area contributed by atoms with Gasteiger partial charge in [-0.2, -0.15) is 0 Å². The molecule has 0 saturated carbocycles. The van der Waals surface area contributed by atoms with Crippen molar-refractivity contribution >= 4 is 13.9 Å². The minimum Gasteiger partial charge on any atom is -0.247 e. The van der Waals surface area contributed by atoms with Crippen LogP contribution in [-0.4, -0.2) is 15.3 Å². The lowest BCUT2D eigenvalue weighted by Gasteiger charge is -1.78. The van der Waals surface area contributed by atoms with E-state index in [1.54, 1.807) is 0 Å². The Balaban J connectivity index is 3.26. The summed E-state index contributed by atoms with van der Waals surface area (Å²) in [6, 6.07) is 0. The van der Waals surface area contributed by atoms with Crippen molar-refractivity contribution in [3.8, 4) is 0 Å². The van der Waals surface area contributed by atoms with Crippen LogP contribution in [0.5, 0.6) is 0 Å². The van der Waals surface area contributed by atoms with Gasteiger partial charge < -0.3 is 0 Å². The van der Waals surface area contributed by atoms with E-state index in [0.29, 0.717) is 0 Å². The molecule has 6 heavy (non-hydrogen) atoms. The van der Waals surface area contributed by atoms with Crippen LogP contribution in [0.3, 0.4) is 0 Å². The largest absolute Gasteiger partial charge is 0.323 e. The number of hydrogen-bond donors (Lipinski definition) is 2. The van der Waals surface area contributed by atoms with Gasteiger partial charge in [0.1, 0.15) is 0 Å². The SMILES string of the molecule is CC(=O)[PH+](O)O. The van der Waals surface area contributed by atoms with E-state index in [-0.39, 0.29) is 0 Å². The first-order valence-electron chi connectivity index (χ1n) is 1.40. The van der Waals surface area contributed by atoms with Crippen LogP contribution in [-0.2, 0) is 4.79 Å². The van der Waals surface area contributed by atoms with Gasteiger partial charge in [0.2, 0.25) is 0 Å². The molecule has 0 aliphatic rings. The first kappa shape index (κ1) is 6.02. The first-order chi connectivity index (χ1) is 2.64. The molecule has 0 aromatic carbocycles. The molecule has 0 aliphatic carbocycles. The van der Waals surface area contributed by atoms with Crippen molar-refractivity contribution in [2.75, 3.05) is 0 Å². The quantitative estimate of drug-likeness (QED) is 0.449. The Labute approximate surface area is 36.5 Å². The molecule has 0 heterocycles. The molecular formula is C2H6O3P+. The van der Waals surface area contributed by atoms with Crippen LogP contribution in [0.25, 0.3) is 0 Å². The van der Waals surface area contributed by atoms with Crippen molar-refractivity contribution in [3.05, 3.63) is 0 Å². The summed E-state index contributed by atoms with van der Waals surface area (Å²) >= 11 is 0. The van der Waals surface area contributed by atoms with Crippen LogP contribution in [0.15, 0.2) is 0 Å². The second-order valence-corrected chi connectivity index (χ2v) is 2.23. The average Bonchev–Trinajstić information content (AvgIpc) is 1.36.